The molecule has 0 spiro atoms. The van der Waals surface area contributed by atoms with Crippen LogP contribution in [0, 0.1) is 17.8 Å². The van der Waals surface area contributed by atoms with E-state index in [1.807, 2.05) is 72.8 Å². The molecular formula is C40H43N3O3S. The van der Waals surface area contributed by atoms with Crippen LogP contribution in [0.5, 0.6) is 0 Å². The summed E-state index contributed by atoms with van der Waals surface area (Å²) >= 11 is 1.57. The number of benzene rings is 4. The van der Waals surface area contributed by atoms with Crippen LogP contribution in [0.2, 0.25) is 0 Å². The Bertz CT molecular complexity index is 1570. The highest BCUT2D eigenvalue weighted by Crippen LogP contribution is 2.52. The first kappa shape index (κ1) is 32.6. The molecule has 7 heteroatoms. The Hall–Kier alpha value is -4.36. The maximum atomic E-state index is 14.8. The third-order valence-electron chi connectivity index (χ3n) is 9.61. The van der Waals surface area contributed by atoms with E-state index in [9.17, 15) is 9.59 Å². The molecule has 2 aliphatic rings. The number of hydrogen-bond donors (Lipinski definition) is 2. The predicted molar refractivity (Wildman–Crippen MR) is 190 cm³/mol. The fourth-order valence-electron chi connectivity index (χ4n) is 7.05. The van der Waals surface area contributed by atoms with Gasteiger partial charge in [-0.25, -0.2) is 4.79 Å². The molecule has 0 unspecified atom stereocenters. The van der Waals surface area contributed by atoms with Crippen molar-refractivity contribution < 1.29 is 14.3 Å². The summed E-state index contributed by atoms with van der Waals surface area (Å²) in [5.41, 5.74) is 5.00. The molecule has 4 aromatic rings. The van der Waals surface area contributed by atoms with Crippen molar-refractivity contribution in [3.8, 4) is 0 Å². The van der Waals surface area contributed by atoms with Crippen LogP contribution in [0.1, 0.15) is 67.1 Å². The Balaban J connectivity index is 1.47. The van der Waals surface area contributed by atoms with Crippen molar-refractivity contribution in [2.45, 2.75) is 61.8 Å². The lowest BCUT2D eigenvalue weighted by Crippen LogP contribution is -2.67. The SMILES string of the molecule is CC(C)[C@@H]1CC[C@@H](C)C[C@H]1OC(=O)[C@]1(NC(=O)c2ccccc2)NN=C[C@H]1SC(c1ccccc1)(c1ccccc1)c1ccccc1. The molecule has 1 aliphatic carbocycles. The molecule has 1 saturated carbocycles. The highest BCUT2D eigenvalue weighted by atomic mass is 32.2. The van der Waals surface area contributed by atoms with Gasteiger partial charge in [-0.3, -0.25) is 10.2 Å². The Morgan fingerprint density at radius 1 is 0.830 bits per heavy atom. The third-order valence-corrected chi connectivity index (χ3v) is 11.4. The zero-order chi connectivity index (χ0) is 32.9. The molecule has 0 saturated heterocycles. The predicted octanol–water partition coefficient (Wildman–Crippen LogP) is 7.80. The number of ether oxygens (including phenoxy) is 1. The number of nitrogens with one attached hydrogen (secondary N) is 2. The lowest BCUT2D eigenvalue weighted by atomic mass is 9.75. The molecule has 6 nitrogen and oxygen atoms in total. The molecule has 6 rings (SSSR count). The van der Waals surface area contributed by atoms with Gasteiger partial charge in [-0.2, -0.15) is 5.10 Å². The number of rotatable bonds is 10. The van der Waals surface area contributed by atoms with Crippen molar-refractivity contribution in [1.29, 1.82) is 0 Å². The van der Waals surface area contributed by atoms with Gasteiger partial charge in [-0.05, 0) is 59.4 Å². The van der Waals surface area contributed by atoms with Crippen molar-refractivity contribution in [2.75, 3.05) is 0 Å². The van der Waals surface area contributed by atoms with Crippen molar-refractivity contribution >= 4 is 29.9 Å². The van der Waals surface area contributed by atoms with E-state index in [1.54, 1.807) is 30.1 Å². The molecule has 1 aliphatic heterocycles. The zero-order valence-corrected chi connectivity index (χ0v) is 28.0. The van der Waals surface area contributed by atoms with Crippen molar-refractivity contribution in [1.82, 2.24) is 10.7 Å². The van der Waals surface area contributed by atoms with E-state index in [2.05, 4.69) is 73.0 Å². The lowest BCUT2D eigenvalue weighted by molar-refractivity contribution is -0.164. The molecule has 4 aromatic carbocycles. The summed E-state index contributed by atoms with van der Waals surface area (Å²) < 4.78 is 5.74. The second kappa shape index (κ2) is 14.2. The number of amides is 1. The molecule has 1 heterocycles. The minimum Gasteiger partial charge on any atom is -0.459 e. The van der Waals surface area contributed by atoms with E-state index in [4.69, 9.17) is 4.74 Å². The lowest BCUT2D eigenvalue weighted by Gasteiger charge is -2.42. The highest BCUT2D eigenvalue weighted by molar-refractivity contribution is 8.02. The van der Waals surface area contributed by atoms with Gasteiger partial charge >= 0.3 is 5.97 Å². The summed E-state index contributed by atoms with van der Waals surface area (Å²) in [5.74, 6) is 0.132. The minimum atomic E-state index is -1.66. The van der Waals surface area contributed by atoms with Gasteiger partial charge in [0.25, 0.3) is 5.91 Å². The molecule has 2 N–H and O–H groups in total. The van der Waals surface area contributed by atoms with Gasteiger partial charge in [0.05, 0.1) is 10.00 Å². The van der Waals surface area contributed by atoms with Crippen molar-refractivity contribution in [3.63, 3.8) is 0 Å². The van der Waals surface area contributed by atoms with Crippen LogP contribution < -0.4 is 10.7 Å². The summed E-state index contributed by atoms with van der Waals surface area (Å²) in [6.45, 7) is 6.60. The average molecular weight is 646 g/mol. The quantitative estimate of drug-likeness (QED) is 0.136. The van der Waals surface area contributed by atoms with Gasteiger partial charge in [0.2, 0.25) is 5.66 Å². The largest absolute Gasteiger partial charge is 0.459 e. The average Bonchev–Trinajstić information content (AvgIpc) is 3.51. The number of esters is 1. The fraction of sp³-hybridized carbons (Fsp3) is 0.325. The van der Waals surface area contributed by atoms with E-state index >= 15 is 0 Å². The second-order valence-corrected chi connectivity index (χ2v) is 14.5. The van der Waals surface area contributed by atoms with Crippen LogP contribution in [0.15, 0.2) is 126 Å². The Morgan fingerprint density at radius 2 is 1.34 bits per heavy atom. The van der Waals surface area contributed by atoms with Gasteiger partial charge in [0, 0.05) is 11.8 Å². The van der Waals surface area contributed by atoms with Gasteiger partial charge in [-0.1, -0.05) is 136 Å². The van der Waals surface area contributed by atoms with Crippen LogP contribution in [-0.4, -0.2) is 35.1 Å². The molecule has 1 fully saturated rings. The highest BCUT2D eigenvalue weighted by Gasteiger charge is 2.56. The first-order chi connectivity index (χ1) is 22.8. The third kappa shape index (κ3) is 6.59. The minimum absolute atomic E-state index is 0.238. The first-order valence-corrected chi connectivity index (χ1v) is 17.4. The van der Waals surface area contributed by atoms with Crippen molar-refractivity contribution in [2.24, 2.45) is 22.9 Å². The Morgan fingerprint density at radius 3 is 1.85 bits per heavy atom. The summed E-state index contributed by atoms with van der Waals surface area (Å²) in [6.07, 6.45) is 4.39. The molecule has 0 bridgehead atoms. The summed E-state index contributed by atoms with van der Waals surface area (Å²) in [6, 6.07) is 39.9. The van der Waals surface area contributed by atoms with Crippen LogP contribution in [-0.2, 0) is 14.3 Å². The van der Waals surface area contributed by atoms with E-state index in [0.29, 0.717) is 17.4 Å². The number of carbonyl (C=O) groups excluding carboxylic acids is 2. The Labute approximate surface area is 282 Å². The molecular weight excluding hydrogens is 603 g/mol. The van der Waals surface area contributed by atoms with Gasteiger partial charge in [0.15, 0.2) is 0 Å². The fourth-order valence-corrected chi connectivity index (χ4v) is 8.75. The monoisotopic (exact) mass is 645 g/mol. The summed E-state index contributed by atoms with van der Waals surface area (Å²) in [4.78, 5) is 28.7. The first-order valence-electron chi connectivity index (χ1n) is 16.6. The normalized spacial score (nSPS) is 24.0. The van der Waals surface area contributed by atoms with E-state index in [0.717, 1.165) is 36.0 Å². The molecule has 0 aromatic heterocycles. The standard InChI is InChI=1S/C40H43N3O3S/c1-28(2)34-25-24-29(3)26-35(34)46-38(45)40(42-37(44)30-16-8-4-9-17-30)36(27-41-43-40)47-39(31-18-10-5-11-19-31,32-20-12-6-13-21-32)33-22-14-7-15-23-33/h4-23,27-29,34-36,43H,24-26H2,1-3H3,(H,42,44)/t29-,34+,35-,36-,40-/m1/s1. The summed E-state index contributed by atoms with van der Waals surface area (Å²) in [5, 5.41) is 6.96. The molecule has 47 heavy (non-hydrogen) atoms. The number of hydrogen-bond acceptors (Lipinski definition) is 6. The molecule has 1 amide bonds. The topological polar surface area (TPSA) is 79.8 Å². The van der Waals surface area contributed by atoms with Crippen LogP contribution >= 0.6 is 11.8 Å². The smallest absolute Gasteiger partial charge is 0.356 e. The second-order valence-electron chi connectivity index (χ2n) is 13.1. The van der Waals surface area contributed by atoms with Crippen molar-refractivity contribution in [3.05, 3.63) is 144 Å². The Kier molecular flexibility index (Phi) is 9.83. The van der Waals surface area contributed by atoms with Gasteiger partial charge in [0.1, 0.15) is 6.10 Å². The molecule has 0 radical (unpaired) electrons. The number of hydrazone groups is 1. The van der Waals surface area contributed by atoms with E-state index < -0.39 is 21.6 Å². The van der Waals surface area contributed by atoms with E-state index in [-0.39, 0.29) is 17.9 Å². The van der Waals surface area contributed by atoms with Crippen LogP contribution in [0.25, 0.3) is 0 Å². The summed E-state index contributed by atoms with van der Waals surface area (Å²) in [7, 11) is 0. The maximum absolute atomic E-state index is 14.8. The van der Waals surface area contributed by atoms with Crippen LogP contribution in [0.3, 0.4) is 0 Å². The zero-order valence-electron chi connectivity index (χ0n) is 27.2. The number of nitrogens with zero attached hydrogens (tertiary/aromatic N) is 1. The molecule has 5 atom stereocenters. The van der Waals surface area contributed by atoms with Gasteiger partial charge in [-0.15, -0.1) is 11.8 Å². The maximum Gasteiger partial charge on any atom is 0.356 e. The number of carbonyl (C=O) groups is 2. The number of thioether (sulfide) groups is 1. The molecule has 242 valence electrons. The van der Waals surface area contributed by atoms with E-state index in [1.165, 1.54) is 0 Å². The van der Waals surface area contributed by atoms with Crippen LogP contribution in [0.4, 0.5) is 0 Å². The van der Waals surface area contributed by atoms with Gasteiger partial charge < -0.3 is 10.1 Å².